The summed E-state index contributed by atoms with van der Waals surface area (Å²) in [6, 6.07) is 20.9. The number of hydrogen-bond donors (Lipinski definition) is 1. The van der Waals surface area contributed by atoms with Crippen LogP contribution in [0.15, 0.2) is 82.0 Å². The van der Waals surface area contributed by atoms with E-state index in [1.54, 1.807) is 29.5 Å². The molecule has 0 aliphatic carbocycles. The average Bonchev–Trinajstić information content (AvgIpc) is 3.16. The lowest BCUT2D eigenvalue weighted by atomic mass is 10.1. The Kier molecular flexibility index (Phi) is 4.91. The Morgan fingerprint density at radius 1 is 1.04 bits per heavy atom. The number of anilines is 1. The third-order valence-electron chi connectivity index (χ3n) is 4.30. The van der Waals surface area contributed by atoms with Gasteiger partial charge >= 0.3 is 5.63 Å². The van der Waals surface area contributed by atoms with Gasteiger partial charge in [0.15, 0.2) is 0 Å². The predicted molar refractivity (Wildman–Crippen MR) is 115 cm³/mol. The first-order valence-electron chi connectivity index (χ1n) is 8.77. The second kappa shape index (κ2) is 7.66. The van der Waals surface area contributed by atoms with Crippen molar-refractivity contribution >= 4 is 40.0 Å². The van der Waals surface area contributed by atoms with Crippen LogP contribution >= 0.6 is 11.3 Å². The van der Waals surface area contributed by atoms with Crippen LogP contribution in [0.3, 0.4) is 0 Å². The lowest BCUT2D eigenvalue weighted by molar-refractivity contribution is -0.111. The molecule has 5 heteroatoms. The van der Waals surface area contributed by atoms with Crippen LogP contribution in [-0.2, 0) is 4.79 Å². The van der Waals surface area contributed by atoms with Crippen LogP contribution in [-0.4, -0.2) is 5.91 Å². The second-order valence-corrected chi connectivity index (χ2v) is 7.47. The molecule has 1 N–H and O–H groups in total. The fourth-order valence-corrected chi connectivity index (χ4v) is 3.86. The summed E-state index contributed by atoms with van der Waals surface area (Å²) in [5.74, 6) is -0.246. The SMILES string of the molecule is Cc1cc(=O)oc2cc(NC(=O)/C=C/c3ccc(-c4ccccc4)s3)ccc12. The van der Waals surface area contributed by atoms with Crippen LogP contribution in [0.5, 0.6) is 0 Å². The standard InChI is InChI=1S/C23H17NO3S/c1-15-13-23(26)27-20-14-17(7-10-19(15)20)24-22(25)12-9-18-8-11-21(28-18)16-5-3-2-4-6-16/h2-14H,1H3,(H,24,25)/b12-9+. The zero-order valence-corrected chi connectivity index (χ0v) is 16.0. The fourth-order valence-electron chi connectivity index (χ4n) is 2.94. The molecular weight excluding hydrogens is 370 g/mol. The van der Waals surface area contributed by atoms with Gasteiger partial charge in [0.05, 0.1) is 0 Å². The van der Waals surface area contributed by atoms with E-state index < -0.39 is 5.63 Å². The number of aryl methyl sites for hydroxylation is 1. The van der Waals surface area contributed by atoms with E-state index in [0.717, 1.165) is 26.3 Å². The molecule has 0 saturated heterocycles. The lowest BCUT2D eigenvalue weighted by Crippen LogP contribution is -2.07. The average molecular weight is 387 g/mol. The molecule has 0 radical (unpaired) electrons. The summed E-state index contributed by atoms with van der Waals surface area (Å²) in [5, 5.41) is 3.65. The summed E-state index contributed by atoms with van der Waals surface area (Å²) in [7, 11) is 0. The van der Waals surface area contributed by atoms with Gasteiger partial charge in [-0.1, -0.05) is 30.3 Å². The van der Waals surface area contributed by atoms with Crippen molar-refractivity contribution < 1.29 is 9.21 Å². The molecule has 1 amide bonds. The smallest absolute Gasteiger partial charge is 0.336 e. The minimum atomic E-state index is -0.403. The number of hydrogen-bond acceptors (Lipinski definition) is 4. The molecule has 138 valence electrons. The zero-order chi connectivity index (χ0) is 19.5. The van der Waals surface area contributed by atoms with E-state index in [1.807, 2.05) is 43.3 Å². The summed E-state index contributed by atoms with van der Waals surface area (Å²) >= 11 is 1.62. The molecule has 0 aliphatic rings. The third-order valence-corrected chi connectivity index (χ3v) is 5.40. The molecule has 0 fully saturated rings. The Balaban J connectivity index is 1.48. The maximum absolute atomic E-state index is 12.2. The molecule has 0 bridgehead atoms. The Labute approximate surface area is 165 Å². The first kappa shape index (κ1) is 17.9. The van der Waals surface area contributed by atoms with Crippen molar-refractivity contribution in [1.82, 2.24) is 0 Å². The van der Waals surface area contributed by atoms with Crippen molar-refractivity contribution in [2.75, 3.05) is 5.32 Å². The van der Waals surface area contributed by atoms with Gasteiger partial charge in [0.25, 0.3) is 0 Å². The monoisotopic (exact) mass is 387 g/mol. The molecule has 0 atom stereocenters. The lowest BCUT2D eigenvalue weighted by Gasteiger charge is -2.05. The molecule has 4 aromatic rings. The van der Waals surface area contributed by atoms with Gasteiger partial charge in [-0.3, -0.25) is 4.79 Å². The Morgan fingerprint density at radius 2 is 1.86 bits per heavy atom. The van der Waals surface area contributed by atoms with E-state index >= 15 is 0 Å². The highest BCUT2D eigenvalue weighted by atomic mass is 32.1. The molecule has 0 spiro atoms. The Bertz CT molecular complexity index is 1240. The maximum atomic E-state index is 12.2. The number of thiophene rings is 1. The van der Waals surface area contributed by atoms with Crippen molar-refractivity contribution in [1.29, 1.82) is 0 Å². The van der Waals surface area contributed by atoms with Crippen LogP contribution in [0.2, 0.25) is 0 Å². The van der Waals surface area contributed by atoms with Crippen LogP contribution < -0.4 is 10.9 Å². The van der Waals surface area contributed by atoms with Gasteiger partial charge in [0.2, 0.25) is 5.91 Å². The van der Waals surface area contributed by atoms with Gasteiger partial charge in [-0.2, -0.15) is 0 Å². The van der Waals surface area contributed by atoms with E-state index in [4.69, 9.17) is 4.42 Å². The van der Waals surface area contributed by atoms with Crippen molar-refractivity contribution in [3.8, 4) is 10.4 Å². The van der Waals surface area contributed by atoms with Crippen LogP contribution in [0.4, 0.5) is 5.69 Å². The van der Waals surface area contributed by atoms with Gasteiger partial charge in [0.1, 0.15) is 5.58 Å². The second-order valence-electron chi connectivity index (χ2n) is 6.35. The number of benzene rings is 2. The van der Waals surface area contributed by atoms with Gasteiger partial charge in [-0.05, 0) is 48.4 Å². The molecule has 2 heterocycles. The minimum Gasteiger partial charge on any atom is -0.423 e. The van der Waals surface area contributed by atoms with Crippen molar-refractivity contribution in [3.63, 3.8) is 0 Å². The Hall–Kier alpha value is -3.44. The summed E-state index contributed by atoms with van der Waals surface area (Å²) in [6.07, 6.45) is 3.29. The first-order valence-corrected chi connectivity index (χ1v) is 9.59. The first-order chi connectivity index (χ1) is 13.6. The highest BCUT2D eigenvalue weighted by molar-refractivity contribution is 7.16. The van der Waals surface area contributed by atoms with Gasteiger partial charge < -0.3 is 9.73 Å². The quantitative estimate of drug-likeness (QED) is 0.372. The van der Waals surface area contributed by atoms with Gasteiger partial charge in [-0.15, -0.1) is 11.3 Å². The van der Waals surface area contributed by atoms with Crippen LogP contribution in [0, 0.1) is 6.92 Å². The highest BCUT2D eigenvalue weighted by Crippen LogP contribution is 2.28. The molecule has 28 heavy (non-hydrogen) atoms. The van der Waals surface area contributed by atoms with E-state index in [2.05, 4.69) is 17.4 Å². The number of carbonyl (C=O) groups is 1. The molecule has 2 aromatic carbocycles. The molecule has 0 aliphatic heterocycles. The number of nitrogens with one attached hydrogen (secondary N) is 1. The third kappa shape index (κ3) is 3.94. The predicted octanol–water partition coefficient (Wildman–Crippen LogP) is 5.48. The molecule has 2 aromatic heterocycles. The van der Waals surface area contributed by atoms with E-state index in [-0.39, 0.29) is 5.91 Å². The van der Waals surface area contributed by atoms with E-state index in [0.29, 0.717) is 11.3 Å². The summed E-state index contributed by atoms with van der Waals surface area (Å²) in [6.45, 7) is 1.85. The van der Waals surface area contributed by atoms with Crippen LogP contribution in [0.25, 0.3) is 27.5 Å². The molecule has 0 saturated carbocycles. The number of rotatable bonds is 4. The Morgan fingerprint density at radius 3 is 2.68 bits per heavy atom. The molecule has 4 nitrogen and oxygen atoms in total. The number of fused-ring (bicyclic) bond motifs is 1. The normalized spacial score (nSPS) is 11.2. The number of amides is 1. The maximum Gasteiger partial charge on any atom is 0.336 e. The summed E-state index contributed by atoms with van der Waals surface area (Å²) in [4.78, 5) is 25.9. The topological polar surface area (TPSA) is 59.3 Å². The molecule has 0 unspecified atom stereocenters. The summed E-state index contributed by atoms with van der Waals surface area (Å²) < 4.78 is 5.22. The highest BCUT2D eigenvalue weighted by Gasteiger charge is 2.05. The van der Waals surface area contributed by atoms with Gasteiger partial charge in [0, 0.05) is 39.0 Å². The largest absolute Gasteiger partial charge is 0.423 e. The van der Waals surface area contributed by atoms with Crippen molar-refractivity contribution in [2.45, 2.75) is 6.92 Å². The fraction of sp³-hybridized carbons (Fsp3) is 0.0435. The number of carbonyl (C=O) groups excluding carboxylic acids is 1. The van der Waals surface area contributed by atoms with Crippen molar-refractivity contribution in [3.05, 3.63) is 93.7 Å². The molecule has 4 rings (SSSR count). The van der Waals surface area contributed by atoms with E-state index in [9.17, 15) is 9.59 Å². The van der Waals surface area contributed by atoms with Crippen molar-refractivity contribution in [2.24, 2.45) is 0 Å². The van der Waals surface area contributed by atoms with Gasteiger partial charge in [-0.25, -0.2) is 4.79 Å². The van der Waals surface area contributed by atoms with Crippen LogP contribution in [0.1, 0.15) is 10.4 Å². The summed E-state index contributed by atoms with van der Waals surface area (Å²) in [5.41, 5.74) is 2.63. The zero-order valence-electron chi connectivity index (χ0n) is 15.1. The minimum absolute atomic E-state index is 0.246. The van der Waals surface area contributed by atoms with E-state index in [1.165, 1.54) is 12.1 Å². The molecular formula is C23H17NO3S.